The van der Waals surface area contributed by atoms with Gasteiger partial charge in [-0.3, -0.25) is 0 Å². The number of piperazine rings is 1. The van der Waals surface area contributed by atoms with E-state index in [-0.39, 0.29) is 11.5 Å². The van der Waals surface area contributed by atoms with E-state index >= 15 is 0 Å². The average Bonchev–Trinajstić information content (AvgIpc) is 2.79. The van der Waals surface area contributed by atoms with Crippen molar-refractivity contribution in [3.05, 3.63) is 35.5 Å². The number of hydrogen-bond acceptors (Lipinski definition) is 8. The number of nitrogens with zero attached hydrogens (tertiary/aromatic N) is 5. The Morgan fingerprint density at radius 3 is 2.81 bits per heavy atom. The van der Waals surface area contributed by atoms with Crippen molar-refractivity contribution in [1.29, 1.82) is 0 Å². The molecule has 2 aromatic heterocycles. The fourth-order valence-corrected chi connectivity index (χ4v) is 4.18. The highest BCUT2D eigenvalue weighted by Gasteiger charge is 2.35. The summed E-state index contributed by atoms with van der Waals surface area (Å²) in [4.78, 5) is 19.6. The molecule has 3 fully saturated rings. The lowest BCUT2D eigenvalue weighted by Crippen LogP contribution is -2.61. The molecule has 1 aromatic carbocycles. The molecule has 3 aromatic rings. The SMILES string of the molecule is Fc1c(Nc2ncnc3cnc(N4C[C@H]5CCC4CN5)nc23)ccc(OC(F)F)c1Cl. The zero-order valence-corrected chi connectivity index (χ0v) is 16.8. The molecule has 31 heavy (non-hydrogen) atoms. The van der Waals surface area contributed by atoms with Crippen LogP contribution in [-0.2, 0) is 0 Å². The van der Waals surface area contributed by atoms with Crippen molar-refractivity contribution < 1.29 is 17.9 Å². The summed E-state index contributed by atoms with van der Waals surface area (Å²) in [5.74, 6) is -0.599. The van der Waals surface area contributed by atoms with Gasteiger partial charge in [0.25, 0.3) is 0 Å². The van der Waals surface area contributed by atoms with Crippen molar-refractivity contribution in [3.63, 3.8) is 0 Å². The second-order valence-corrected chi connectivity index (χ2v) is 7.74. The van der Waals surface area contributed by atoms with Gasteiger partial charge in [0, 0.05) is 25.2 Å². The molecule has 2 atom stereocenters. The fourth-order valence-electron chi connectivity index (χ4n) is 3.97. The van der Waals surface area contributed by atoms with Crippen LogP contribution in [0.15, 0.2) is 24.7 Å². The Bertz CT molecular complexity index is 1130. The largest absolute Gasteiger partial charge is 0.433 e. The van der Waals surface area contributed by atoms with Gasteiger partial charge >= 0.3 is 6.61 Å². The zero-order valence-electron chi connectivity index (χ0n) is 16.0. The highest BCUT2D eigenvalue weighted by atomic mass is 35.5. The van der Waals surface area contributed by atoms with E-state index in [1.54, 1.807) is 6.20 Å². The third-order valence-corrected chi connectivity index (χ3v) is 5.84. The van der Waals surface area contributed by atoms with Gasteiger partial charge in [-0.2, -0.15) is 8.78 Å². The van der Waals surface area contributed by atoms with Gasteiger partial charge in [-0.05, 0) is 25.0 Å². The summed E-state index contributed by atoms with van der Waals surface area (Å²) < 4.78 is 43.8. The molecule has 3 saturated heterocycles. The quantitative estimate of drug-likeness (QED) is 0.609. The predicted octanol–water partition coefficient (Wildman–Crippen LogP) is 3.50. The van der Waals surface area contributed by atoms with Crippen LogP contribution < -0.4 is 20.3 Å². The lowest BCUT2D eigenvalue weighted by atomic mass is 9.93. The number of aromatic nitrogens is 4. The minimum Gasteiger partial charge on any atom is -0.433 e. The van der Waals surface area contributed by atoms with Gasteiger partial charge < -0.3 is 20.3 Å². The van der Waals surface area contributed by atoms with Crippen LogP contribution in [0.1, 0.15) is 12.8 Å². The summed E-state index contributed by atoms with van der Waals surface area (Å²) in [6, 6.07) is 3.10. The number of hydrogen-bond donors (Lipinski definition) is 2. The van der Waals surface area contributed by atoms with Gasteiger partial charge in [-0.15, -0.1) is 0 Å². The monoisotopic (exact) mass is 451 g/mol. The maximum Gasteiger partial charge on any atom is 0.387 e. The number of rotatable bonds is 5. The van der Waals surface area contributed by atoms with E-state index < -0.39 is 23.2 Å². The first kappa shape index (κ1) is 20.0. The summed E-state index contributed by atoms with van der Waals surface area (Å²) in [6.45, 7) is -1.43. The number of halogens is 4. The van der Waals surface area contributed by atoms with Crippen molar-refractivity contribution >= 4 is 40.1 Å². The molecule has 0 aliphatic carbocycles. The van der Waals surface area contributed by atoms with E-state index in [4.69, 9.17) is 11.6 Å². The van der Waals surface area contributed by atoms with Crippen molar-refractivity contribution in [2.24, 2.45) is 0 Å². The molecule has 1 unspecified atom stereocenters. The van der Waals surface area contributed by atoms with Crippen LogP contribution in [0, 0.1) is 5.82 Å². The summed E-state index contributed by atoms with van der Waals surface area (Å²) in [5, 5.41) is 5.75. The van der Waals surface area contributed by atoms with Crippen molar-refractivity contribution in [2.45, 2.75) is 31.5 Å². The maximum absolute atomic E-state index is 14.7. The Labute approximate surface area is 179 Å². The highest BCUT2D eigenvalue weighted by molar-refractivity contribution is 6.32. The Kier molecular flexibility index (Phi) is 5.14. The smallest absolute Gasteiger partial charge is 0.387 e. The van der Waals surface area contributed by atoms with Crippen LogP contribution >= 0.6 is 11.6 Å². The molecule has 0 amide bonds. The second kappa shape index (κ2) is 7.97. The number of alkyl halides is 2. The summed E-state index contributed by atoms with van der Waals surface area (Å²) in [5.41, 5.74) is 0.823. The molecule has 2 N–H and O–H groups in total. The molecule has 5 heterocycles. The molecule has 6 rings (SSSR count). The van der Waals surface area contributed by atoms with Crippen molar-refractivity contribution in [2.75, 3.05) is 23.3 Å². The first-order chi connectivity index (χ1) is 15.0. The van der Waals surface area contributed by atoms with Crippen LogP contribution in [-0.4, -0.2) is 51.7 Å². The van der Waals surface area contributed by atoms with E-state index in [9.17, 15) is 13.2 Å². The second-order valence-electron chi connectivity index (χ2n) is 7.36. The average molecular weight is 452 g/mol. The first-order valence-electron chi connectivity index (χ1n) is 9.67. The van der Waals surface area contributed by atoms with Crippen molar-refractivity contribution in [1.82, 2.24) is 25.3 Å². The maximum atomic E-state index is 14.7. The zero-order chi connectivity index (χ0) is 21.5. The number of ether oxygens (including phenoxy) is 1. The molecule has 3 aliphatic rings. The van der Waals surface area contributed by atoms with E-state index in [0.717, 1.165) is 32.0 Å². The molecule has 8 nitrogen and oxygen atoms in total. The Balaban J connectivity index is 1.48. The first-order valence-corrected chi connectivity index (χ1v) is 10.0. The van der Waals surface area contributed by atoms with Gasteiger partial charge in [0.15, 0.2) is 11.6 Å². The molecule has 2 bridgehead atoms. The number of nitrogens with one attached hydrogen (secondary N) is 2. The van der Waals surface area contributed by atoms with Crippen molar-refractivity contribution in [3.8, 4) is 5.75 Å². The summed E-state index contributed by atoms with van der Waals surface area (Å²) in [6.07, 6.45) is 5.08. The standard InChI is InChI=1S/C19H17ClF3N7O/c20-14-13(31-18(22)23)4-3-11(15(14)21)28-17-16-12(26-8-27-17)6-25-19(29-16)30-7-9-1-2-10(30)5-24-9/h3-4,6,8-10,18,24H,1-2,5,7H2,(H,26,27,28)/t9-,10?/m1/s1. The summed E-state index contributed by atoms with van der Waals surface area (Å²) >= 11 is 5.85. The van der Waals surface area contributed by atoms with E-state index in [2.05, 4.69) is 40.2 Å². The van der Waals surface area contributed by atoms with Crippen LogP contribution in [0.4, 0.5) is 30.6 Å². The van der Waals surface area contributed by atoms with Crippen LogP contribution in [0.25, 0.3) is 11.0 Å². The molecule has 162 valence electrons. The minimum atomic E-state index is -3.11. The molecular formula is C19H17ClF3N7O. The molecule has 12 heteroatoms. The topological polar surface area (TPSA) is 88.1 Å². The van der Waals surface area contributed by atoms with E-state index in [1.165, 1.54) is 12.4 Å². The normalized spacial score (nSPS) is 20.5. The van der Waals surface area contributed by atoms with Gasteiger partial charge in [0.2, 0.25) is 5.95 Å². The Morgan fingerprint density at radius 2 is 2.10 bits per heavy atom. The van der Waals surface area contributed by atoms with Gasteiger partial charge in [-0.25, -0.2) is 24.3 Å². The molecule has 0 spiro atoms. The predicted molar refractivity (Wildman–Crippen MR) is 109 cm³/mol. The van der Waals surface area contributed by atoms with E-state index in [1.807, 2.05) is 0 Å². The Hall–Kier alpha value is -2.92. The number of piperidine rings is 2. The number of benzene rings is 1. The molecular weight excluding hydrogens is 435 g/mol. The Morgan fingerprint density at radius 1 is 1.23 bits per heavy atom. The summed E-state index contributed by atoms with van der Waals surface area (Å²) in [7, 11) is 0. The lowest BCUT2D eigenvalue weighted by molar-refractivity contribution is -0.0499. The van der Waals surface area contributed by atoms with E-state index in [0.29, 0.717) is 29.1 Å². The fraction of sp³-hybridized carbons (Fsp3) is 0.368. The highest BCUT2D eigenvalue weighted by Crippen LogP contribution is 2.35. The van der Waals surface area contributed by atoms with Gasteiger partial charge in [-0.1, -0.05) is 11.6 Å². The van der Waals surface area contributed by atoms with Gasteiger partial charge in [0.05, 0.1) is 11.9 Å². The molecule has 0 saturated carbocycles. The lowest BCUT2D eigenvalue weighted by Gasteiger charge is -2.45. The third kappa shape index (κ3) is 3.79. The van der Waals surface area contributed by atoms with Gasteiger partial charge in [0.1, 0.15) is 28.1 Å². The van der Waals surface area contributed by atoms with Crippen LogP contribution in [0.2, 0.25) is 5.02 Å². The minimum absolute atomic E-state index is 0.0620. The molecule has 0 radical (unpaired) electrons. The van der Waals surface area contributed by atoms with Crippen LogP contribution in [0.3, 0.4) is 0 Å². The number of fused-ring (bicyclic) bond motifs is 4. The number of anilines is 3. The molecule has 3 aliphatic heterocycles. The third-order valence-electron chi connectivity index (χ3n) is 5.49. The van der Waals surface area contributed by atoms with Crippen LogP contribution in [0.5, 0.6) is 5.75 Å².